The van der Waals surface area contributed by atoms with Crippen molar-refractivity contribution in [2.24, 2.45) is 10.9 Å². The summed E-state index contributed by atoms with van der Waals surface area (Å²) in [6, 6.07) is 8.41. The minimum absolute atomic E-state index is 0.499. The van der Waals surface area contributed by atoms with Crippen molar-refractivity contribution in [2.75, 3.05) is 6.61 Å². The summed E-state index contributed by atoms with van der Waals surface area (Å²) >= 11 is 0. The minimum atomic E-state index is 0.499. The first kappa shape index (κ1) is 21.7. The van der Waals surface area contributed by atoms with E-state index in [4.69, 9.17) is 9.73 Å². The Hall–Kier alpha value is -2.61. The standard InChI is InChI=1S/C26H33NO/c1-7-9-10-23(8-2)26-18-21(6)25(27-26)15-16-28-24-13-11-22(12-14-24)17-20(5)19(3)4/h7-14,20H,2-3,15-18H2,1,4-6H3/b9-7-,23-10+. The van der Waals surface area contributed by atoms with Crippen LogP contribution in [0.15, 0.2) is 89.1 Å². The van der Waals surface area contributed by atoms with Crippen molar-refractivity contribution >= 4 is 5.71 Å². The van der Waals surface area contributed by atoms with Gasteiger partial charge in [0.15, 0.2) is 0 Å². The Morgan fingerprint density at radius 3 is 2.61 bits per heavy atom. The number of benzene rings is 1. The molecule has 2 rings (SSSR count). The normalized spacial score (nSPS) is 15.7. The molecule has 0 amide bonds. The molecule has 1 aromatic rings. The second kappa shape index (κ2) is 10.7. The van der Waals surface area contributed by atoms with Gasteiger partial charge in [0, 0.05) is 18.5 Å². The number of nitrogens with zero attached hydrogens (tertiary/aromatic N) is 1. The Labute approximate surface area is 170 Å². The molecule has 0 aromatic heterocycles. The maximum Gasteiger partial charge on any atom is 0.119 e. The zero-order chi connectivity index (χ0) is 20.5. The van der Waals surface area contributed by atoms with E-state index >= 15 is 0 Å². The Morgan fingerprint density at radius 1 is 1.29 bits per heavy atom. The highest BCUT2D eigenvalue weighted by molar-refractivity contribution is 6.06. The van der Waals surface area contributed by atoms with Crippen LogP contribution in [0.5, 0.6) is 5.75 Å². The lowest BCUT2D eigenvalue weighted by molar-refractivity contribution is 0.321. The first-order chi connectivity index (χ1) is 13.4. The molecule has 1 heterocycles. The van der Waals surface area contributed by atoms with Gasteiger partial charge < -0.3 is 4.74 Å². The molecule has 0 radical (unpaired) electrons. The van der Waals surface area contributed by atoms with Crippen molar-refractivity contribution in [3.63, 3.8) is 0 Å². The van der Waals surface area contributed by atoms with E-state index in [1.54, 1.807) is 0 Å². The van der Waals surface area contributed by atoms with Crippen molar-refractivity contribution in [3.05, 3.63) is 89.7 Å². The molecule has 0 fully saturated rings. The summed E-state index contributed by atoms with van der Waals surface area (Å²) in [6.45, 7) is 17.0. The minimum Gasteiger partial charge on any atom is -0.493 e. The molecule has 1 aromatic carbocycles. The Morgan fingerprint density at radius 2 is 2.00 bits per heavy atom. The fraction of sp³-hybridized carbons (Fsp3) is 0.346. The predicted molar refractivity (Wildman–Crippen MR) is 122 cm³/mol. The summed E-state index contributed by atoms with van der Waals surface area (Å²) in [5.41, 5.74) is 7.17. The molecule has 0 saturated heterocycles. The van der Waals surface area contributed by atoms with Gasteiger partial charge in [-0.15, -0.1) is 0 Å². The molecule has 1 unspecified atom stereocenters. The van der Waals surface area contributed by atoms with Crippen LogP contribution in [0.1, 0.15) is 46.1 Å². The Bertz CT molecular complexity index is 818. The molecule has 2 heteroatoms. The van der Waals surface area contributed by atoms with Crippen LogP contribution in [0.2, 0.25) is 0 Å². The topological polar surface area (TPSA) is 21.6 Å². The lowest BCUT2D eigenvalue weighted by Gasteiger charge is -2.12. The smallest absolute Gasteiger partial charge is 0.119 e. The molecule has 0 N–H and O–H groups in total. The van der Waals surface area contributed by atoms with Gasteiger partial charge in [-0.05, 0) is 62.0 Å². The molecule has 0 aliphatic carbocycles. The maximum atomic E-state index is 5.94. The van der Waals surface area contributed by atoms with Gasteiger partial charge in [-0.2, -0.15) is 0 Å². The third-order valence-electron chi connectivity index (χ3n) is 5.13. The predicted octanol–water partition coefficient (Wildman–Crippen LogP) is 7.02. The van der Waals surface area contributed by atoms with Gasteiger partial charge in [-0.3, -0.25) is 4.99 Å². The third-order valence-corrected chi connectivity index (χ3v) is 5.13. The van der Waals surface area contributed by atoms with Crippen molar-refractivity contribution < 1.29 is 4.74 Å². The molecule has 28 heavy (non-hydrogen) atoms. The largest absolute Gasteiger partial charge is 0.493 e. The van der Waals surface area contributed by atoms with Crippen molar-refractivity contribution in [2.45, 2.75) is 47.0 Å². The van der Waals surface area contributed by atoms with Crippen LogP contribution < -0.4 is 4.74 Å². The summed E-state index contributed by atoms with van der Waals surface area (Å²) in [4.78, 5) is 4.82. The molecule has 1 aliphatic heterocycles. The maximum absolute atomic E-state index is 5.94. The fourth-order valence-electron chi connectivity index (χ4n) is 3.08. The first-order valence-corrected chi connectivity index (χ1v) is 10.0. The fourth-order valence-corrected chi connectivity index (χ4v) is 3.08. The Kier molecular flexibility index (Phi) is 8.25. The number of hydrogen-bond acceptors (Lipinski definition) is 2. The van der Waals surface area contributed by atoms with Crippen LogP contribution in [0, 0.1) is 5.92 Å². The molecule has 1 atom stereocenters. The highest BCUT2D eigenvalue weighted by Gasteiger charge is 2.16. The zero-order valence-corrected chi connectivity index (χ0v) is 17.8. The highest BCUT2D eigenvalue weighted by atomic mass is 16.5. The molecule has 0 spiro atoms. The summed E-state index contributed by atoms with van der Waals surface area (Å²) < 4.78 is 5.94. The SMILES string of the molecule is C=C/C(=C\C=C/C)C1=NC(CCOc2ccc(CC(C)C(=C)C)cc2)=C(C)C1. The van der Waals surface area contributed by atoms with Gasteiger partial charge >= 0.3 is 0 Å². The lowest BCUT2D eigenvalue weighted by atomic mass is 9.96. The van der Waals surface area contributed by atoms with Crippen molar-refractivity contribution in [1.29, 1.82) is 0 Å². The van der Waals surface area contributed by atoms with Crippen LogP contribution in [0.3, 0.4) is 0 Å². The third kappa shape index (κ3) is 6.23. The summed E-state index contributed by atoms with van der Waals surface area (Å²) in [6.07, 6.45) is 10.7. The van der Waals surface area contributed by atoms with Gasteiger partial charge in [0.1, 0.15) is 5.75 Å². The summed E-state index contributed by atoms with van der Waals surface area (Å²) in [5.74, 6) is 1.41. The molecule has 0 saturated carbocycles. The summed E-state index contributed by atoms with van der Waals surface area (Å²) in [5, 5.41) is 0. The molecule has 148 valence electrons. The Balaban J connectivity index is 1.89. The summed E-state index contributed by atoms with van der Waals surface area (Å²) in [7, 11) is 0. The number of aliphatic imine (C=N–C) groups is 1. The average Bonchev–Trinajstić information content (AvgIpc) is 3.04. The lowest BCUT2D eigenvalue weighted by Crippen LogP contribution is -2.01. The van der Waals surface area contributed by atoms with E-state index in [9.17, 15) is 0 Å². The van der Waals surface area contributed by atoms with Crippen LogP contribution in [0.4, 0.5) is 0 Å². The van der Waals surface area contributed by atoms with E-state index in [0.29, 0.717) is 12.5 Å². The second-order valence-corrected chi connectivity index (χ2v) is 7.51. The average molecular weight is 376 g/mol. The van der Waals surface area contributed by atoms with E-state index in [1.165, 1.54) is 16.7 Å². The number of rotatable bonds is 10. The van der Waals surface area contributed by atoms with Crippen LogP contribution in [-0.4, -0.2) is 12.3 Å². The van der Waals surface area contributed by atoms with Gasteiger partial charge in [0.05, 0.1) is 12.3 Å². The number of allylic oxidation sites excluding steroid dienone is 7. The number of hydrogen-bond donors (Lipinski definition) is 0. The molecule has 2 nitrogen and oxygen atoms in total. The number of ether oxygens (including phenoxy) is 1. The molecular formula is C26H33NO. The van der Waals surface area contributed by atoms with Crippen molar-refractivity contribution in [1.82, 2.24) is 0 Å². The van der Waals surface area contributed by atoms with Gasteiger partial charge in [0.25, 0.3) is 0 Å². The van der Waals surface area contributed by atoms with Crippen LogP contribution >= 0.6 is 0 Å². The quantitative estimate of drug-likeness (QED) is 0.318. The zero-order valence-electron chi connectivity index (χ0n) is 17.8. The van der Waals surface area contributed by atoms with Gasteiger partial charge in [-0.25, -0.2) is 0 Å². The van der Waals surface area contributed by atoms with Gasteiger partial charge in [0.2, 0.25) is 0 Å². The molecule has 0 bridgehead atoms. The molecule has 1 aliphatic rings. The van der Waals surface area contributed by atoms with E-state index in [1.807, 2.05) is 25.2 Å². The first-order valence-electron chi connectivity index (χ1n) is 10.0. The van der Waals surface area contributed by atoms with E-state index in [0.717, 1.165) is 42.0 Å². The second-order valence-electron chi connectivity index (χ2n) is 7.51. The molecular weight excluding hydrogens is 342 g/mol. The van der Waals surface area contributed by atoms with E-state index in [2.05, 4.69) is 64.3 Å². The van der Waals surface area contributed by atoms with Crippen molar-refractivity contribution in [3.8, 4) is 5.75 Å². The monoisotopic (exact) mass is 375 g/mol. The van der Waals surface area contributed by atoms with Gasteiger partial charge in [-0.1, -0.05) is 62.1 Å². The van der Waals surface area contributed by atoms with Crippen LogP contribution in [0.25, 0.3) is 0 Å². The highest BCUT2D eigenvalue weighted by Crippen LogP contribution is 2.26. The van der Waals surface area contributed by atoms with E-state index in [-0.39, 0.29) is 0 Å². The van der Waals surface area contributed by atoms with E-state index < -0.39 is 0 Å². The van der Waals surface area contributed by atoms with Crippen LogP contribution in [-0.2, 0) is 6.42 Å².